The molecule has 0 bridgehead atoms. The molecule has 0 aliphatic carbocycles. The maximum atomic E-state index is 13.4. The summed E-state index contributed by atoms with van der Waals surface area (Å²) >= 11 is 5.97. The van der Waals surface area contributed by atoms with E-state index in [4.69, 9.17) is 11.6 Å². The van der Waals surface area contributed by atoms with Gasteiger partial charge in [0.1, 0.15) is 11.6 Å². The van der Waals surface area contributed by atoms with E-state index >= 15 is 0 Å². The van der Waals surface area contributed by atoms with Crippen molar-refractivity contribution in [2.24, 2.45) is 0 Å². The molecule has 1 N–H and O–H groups in total. The molecule has 158 valence electrons. The van der Waals surface area contributed by atoms with E-state index in [-0.39, 0.29) is 23.1 Å². The Bertz CT molecular complexity index is 1240. The third-order valence-electron chi connectivity index (χ3n) is 5.41. The Balaban J connectivity index is 1.69. The number of amides is 2. The second kappa shape index (κ2) is 9.09. The Morgan fingerprint density at radius 3 is 2.38 bits per heavy atom. The van der Waals surface area contributed by atoms with Crippen LogP contribution in [-0.4, -0.2) is 11.8 Å². The van der Waals surface area contributed by atoms with Crippen molar-refractivity contribution < 1.29 is 9.59 Å². The van der Waals surface area contributed by atoms with Crippen molar-refractivity contribution in [2.45, 2.75) is 19.5 Å². The van der Waals surface area contributed by atoms with Gasteiger partial charge >= 0.3 is 0 Å². The minimum Gasteiger partial charge on any atom is -0.345 e. The van der Waals surface area contributed by atoms with Crippen LogP contribution in [0.3, 0.4) is 0 Å². The number of para-hydroxylation sites is 1. The molecule has 1 aliphatic rings. The van der Waals surface area contributed by atoms with Gasteiger partial charge in [0.25, 0.3) is 11.8 Å². The van der Waals surface area contributed by atoms with Gasteiger partial charge in [0, 0.05) is 10.6 Å². The highest BCUT2D eigenvalue weighted by Gasteiger charge is 2.36. The van der Waals surface area contributed by atoms with Crippen molar-refractivity contribution in [3.63, 3.8) is 0 Å². The third-order valence-corrected chi connectivity index (χ3v) is 5.67. The average molecular weight is 442 g/mol. The highest BCUT2D eigenvalue weighted by Crippen LogP contribution is 2.39. The van der Waals surface area contributed by atoms with Crippen LogP contribution in [0.4, 0.5) is 5.69 Å². The first-order chi connectivity index (χ1) is 15.5. The van der Waals surface area contributed by atoms with Gasteiger partial charge in [-0.2, -0.15) is 5.26 Å². The quantitative estimate of drug-likeness (QED) is 0.445. The van der Waals surface area contributed by atoms with Crippen molar-refractivity contribution >= 4 is 34.7 Å². The number of rotatable bonds is 5. The second-order valence-electron chi connectivity index (χ2n) is 7.50. The summed E-state index contributed by atoms with van der Waals surface area (Å²) in [5, 5.41) is 13.3. The van der Waals surface area contributed by atoms with Crippen LogP contribution in [0.1, 0.15) is 29.7 Å². The molecule has 1 heterocycles. The number of anilines is 1. The minimum absolute atomic E-state index is 0.120. The molecule has 0 saturated heterocycles. The minimum atomic E-state index is -0.574. The van der Waals surface area contributed by atoms with Gasteiger partial charge < -0.3 is 10.2 Å². The molecule has 2 amide bonds. The lowest BCUT2D eigenvalue weighted by atomic mass is 10.0. The van der Waals surface area contributed by atoms with E-state index in [9.17, 15) is 14.9 Å². The van der Waals surface area contributed by atoms with Gasteiger partial charge in [0.2, 0.25) is 0 Å². The predicted molar refractivity (Wildman–Crippen MR) is 125 cm³/mol. The van der Waals surface area contributed by atoms with E-state index in [0.717, 1.165) is 11.1 Å². The molecule has 6 heteroatoms. The summed E-state index contributed by atoms with van der Waals surface area (Å²) in [6.45, 7) is 2.14. The summed E-state index contributed by atoms with van der Waals surface area (Å²) in [5.41, 5.74) is 2.97. The zero-order chi connectivity index (χ0) is 22.7. The molecule has 3 aromatic rings. The van der Waals surface area contributed by atoms with E-state index < -0.39 is 5.91 Å². The van der Waals surface area contributed by atoms with Crippen LogP contribution in [0.2, 0.25) is 5.02 Å². The number of benzene rings is 3. The Morgan fingerprint density at radius 1 is 1.03 bits per heavy atom. The van der Waals surface area contributed by atoms with E-state index in [2.05, 4.69) is 5.32 Å². The van der Waals surface area contributed by atoms with Crippen LogP contribution >= 0.6 is 11.6 Å². The number of nitriles is 1. The van der Waals surface area contributed by atoms with Crippen LogP contribution in [-0.2, 0) is 16.1 Å². The Morgan fingerprint density at radius 2 is 1.69 bits per heavy atom. The summed E-state index contributed by atoms with van der Waals surface area (Å²) < 4.78 is 0. The van der Waals surface area contributed by atoms with Gasteiger partial charge in [0.05, 0.1) is 23.8 Å². The van der Waals surface area contributed by atoms with Gasteiger partial charge in [-0.1, -0.05) is 72.3 Å². The fourth-order valence-electron chi connectivity index (χ4n) is 3.77. The number of nitrogens with one attached hydrogen (secondary N) is 1. The molecular formula is C26H20ClN3O2. The van der Waals surface area contributed by atoms with Crippen LogP contribution in [0.25, 0.3) is 5.57 Å². The van der Waals surface area contributed by atoms with Crippen molar-refractivity contribution in [1.29, 1.82) is 5.26 Å². The maximum absolute atomic E-state index is 13.4. The zero-order valence-corrected chi connectivity index (χ0v) is 18.1. The van der Waals surface area contributed by atoms with Gasteiger partial charge in [-0.3, -0.25) is 9.59 Å². The largest absolute Gasteiger partial charge is 0.345 e. The molecular weight excluding hydrogens is 422 g/mol. The van der Waals surface area contributed by atoms with Gasteiger partial charge in [-0.05, 0) is 36.2 Å². The van der Waals surface area contributed by atoms with E-state index in [0.29, 0.717) is 22.8 Å². The number of hydrogen-bond donors (Lipinski definition) is 1. The molecule has 3 aromatic carbocycles. The first-order valence-electron chi connectivity index (χ1n) is 10.2. The predicted octanol–water partition coefficient (Wildman–Crippen LogP) is 5.04. The first kappa shape index (κ1) is 21.4. The molecule has 0 unspecified atom stereocenters. The molecule has 4 rings (SSSR count). The van der Waals surface area contributed by atoms with Crippen LogP contribution in [0.5, 0.6) is 0 Å². The summed E-state index contributed by atoms with van der Waals surface area (Å²) in [6, 6.07) is 25.5. The Labute approximate surface area is 191 Å². The molecule has 0 aromatic heterocycles. The van der Waals surface area contributed by atoms with E-state index in [1.165, 1.54) is 0 Å². The molecule has 0 spiro atoms. The molecule has 0 radical (unpaired) electrons. The van der Waals surface area contributed by atoms with E-state index in [1.54, 1.807) is 29.2 Å². The zero-order valence-electron chi connectivity index (χ0n) is 17.4. The number of hydrogen-bond acceptors (Lipinski definition) is 3. The summed E-state index contributed by atoms with van der Waals surface area (Å²) in [4.78, 5) is 28.0. The summed E-state index contributed by atoms with van der Waals surface area (Å²) in [5.74, 6) is -0.949. The topological polar surface area (TPSA) is 73.2 Å². The number of halogens is 1. The SMILES string of the molecule is C[C@H](NC(=O)/C(C#N)=C1/C(=O)N(Cc2ccc(Cl)cc2)c2ccccc21)c1ccccc1. The number of fused-ring (bicyclic) bond motifs is 1. The van der Waals surface area contributed by atoms with E-state index in [1.807, 2.05) is 67.6 Å². The average Bonchev–Trinajstić information content (AvgIpc) is 3.08. The highest BCUT2D eigenvalue weighted by atomic mass is 35.5. The lowest BCUT2D eigenvalue weighted by Gasteiger charge is -2.17. The third kappa shape index (κ3) is 4.14. The highest BCUT2D eigenvalue weighted by molar-refractivity contribution is 6.37. The maximum Gasteiger partial charge on any atom is 0.263 e. The lowest BCUT2D eigenvalue weighted by Crippen LogP contribution is -2.30. The molecule has 1 aliphatic heterocycles. The first-order valence-corrected chi connectivity index (χ1v) is 10.5. The smallest absolute Gasteiger partial charge is 0.263 e. The van der Waals surface area contributed by atoms with Crippen molar-refractivity contribution in [2.75, 3.05) is 4.90 Å². The summed E-state index contributed by atoms with van der Waals surface area (Å²) in [7, 11) is 0. The van der Waals surface area contributed by atoms with Gasteiger partial charge in [0.15, 0.2) is 0 Å². The molecule has 5 nitrogen and oxygen atoms in total. The lowest BCUT2D eigenvalue weighted by molar-refractivity contribution is -0.118. The molecule has 0 fully saturated rings. The Kier molecular flexibility index (Phi) is 6.07. The van der Waals surface area contributed by atoms with Crippen LogP contribution in [0, 0.1) is 11.3 Å². The Hall–Kier alpha value is -3.88. The standard InChI is InChI=1S/C26H20ClN3O2/c1-17(19-7-3-2-4-8-19)29-25(31)22(15-28)24-21-9-5-6-10-23(21)30(26(24)32)16-18-11-13-20(27)14-12-18/h2-14,17H,16H2,1H3,(H,29,31)/b24-22+/t17-/m0/s1. The van der Waals surface area contributed by atoms with Gasteiger partial charge in [-0.25, -0.2) is 0 Å². The number of carbonyl (C=O) groups excluding carboxylic acids is 2. The number of nitrogens with zero attached hydrogens (tertiary/aromatic N) is 2. The number of carbonyl (C=O) groups is 2. The van der Waals surface area contributed by atoms with Crippen LogP contribution < -0.4 is 10.2 Å². The normalized spacial score (nSPS) is 15.0. The molecule has 32 heavy (non-hydrogen) atoms. The van der Waals surface area contributed by atoms with Crippen molar-refractivity contribution in [3.05, 3.63) is 106 Å². The molecule has 0 saturated carbocycles. The van der Waals surface area contributed by atoms with Crippen LogP contribution in [0.15, 0.2) is 84.4 Å². The summed E-state index contributed by atoms with van der Waals surface area (Å²) in [6.07, 6.45) is 0. The second-order valence-corrected chi connectivity index (χ2v) is 7.94. The fourth-order valence-corrected chi connectivity index (χ4v) is 3.89. The van der Waals surface area contributed by atoms with Crippen molar-refractivity contribution in [3.8, 4) is 6.07 Å². The molecule has 1 atom stereocenters. The van der Waals surface area contributed by atoms with Crippen molar-refractivity contribution in [1.82, 2.24) is 5.32 Å². The monoisotopic (exact) mass is 441 g/mol. The fraction of sp³-hybridized carbons (Fsp3) is 0.115. The van der Waals surface area contributed by atoms with Gasteiger partial charge in [-0.15, -0.1) is 0 Å².